The fraction of sp³-hybridized carbons (Fsp3) is 0.600. The van der Waals surface area contributed by atoms with Crippen LogP contribution in [-0.4, -0.2) is 42.1 Å². The number of ether oxygens (including phenoxy) is 1. The van der Waals surface area contributed by atoms with Crippen molar-refractivity contribution in [3.8, 4) is 6.07 Å². The van der Waals surface area contributed by atoms with Crippen molar-refractivity contribution in [1.29, 1.82) is 5.26 Å². The Balaban J connectivity index is 2.16. The van der Waals surface area contributed by atoms with Crippen LogP contribution in [0.15, 0.2) is 11.1 Å². The zero-order chi connectivity index (χ0) is 15.1. The Morgan fingerprint density at radius 3 is 2.86 bits per heavy atom. The molecule has 1 saturated heterocycles. The molecule has 0 amide bonds. The number of rotatable bonds is 6. The second kappa shape index (κ2) is 8.52. The van der Waals surface area contributed by atoms with Crippen molar-refractivity contribution in [1.82, 2.24) is 4.98 Å². The third-order valence-electron chi connectivity index (χ3n) is 3.24. The van der Waals surface area contributed by atoms with E-state index in [0.29, 0.717) is 5.56 Å². The molecule has 1 aliphatic rings. The maximum absolute atomic E-state index is 9.36. The van der Waals surface area contributed by atoms with Gasteiger partial charge in [0, 0.05) is 18.2 Å². The molecule has 0 aromatic carbocycles. The van der Waals surface area contributed by atoms with E-state index in [1.54, 1.807) is 11.8 Å². The van der Waals surface area contributed by atoms with Crippen molar-refractivity contribution in [3.63, 3.8) is 0 Å². The van der Waals surface area contributed by atoms with Gasteiger partial charge < -0.3 is 9.64 Å². The van der Waals surface area contributed by atoms with Crippen molar-refractivity contribution in [2.24, 2.45) is 0 Å². The molecule has 0 aliphatic carbocycles. The molecule has 6 heteroatoms. The molecule has 1 aromatic heterocycles. The summed E-state index contributed by atoms with van der Waals surface area (Å²) in [5, 5.41) is 11.2. The number of nitriles is 1. The average Bonchev–Trinajstić information content (AvgIpc) is 2.52. The van der Waals surface area contributed by atoms with E-state index in [4.69, 9.17) is 9.72 Å². The lowest BCUT2D eigenvalue weighted by molar-refractivity contribution is 0.122. The average molecular weight is 323 g/mol. The lowest BCUT2D eigenvalue weighted by Crippen LogP contribution is -2.36. The van der Waals surface area contributed by atoms with Gasteiger partial charge in [-0.3, -0.25) is 0 Å². The predicted molar refractivity (Wildman–Crippen MR) is 90.2 cm³/mol. The molecule has 0 N–H and O–H groups in total. The van der Waals surface area contributed by atoms with Crippen LogP contribution in [0.1, 0.15) is 24.5 Å². The normalized spacial score (nSPS) is 15.0. The summed E-state index contributed by atoms with van der Waals surface area (Å²) in [5.74, 6) is 2.12. The van der Waals surface area contributed by atoms with E-state index in [-0.39, 0.29) is 0 Å². The fourth-order valence-electron chi connectivity index (χ4n) is 2.12. The van der Waals surface area contributed by atoms with Crippen molar-refractivity contribution in [3.05, 3.63) is 17.2 Å². The molecule has 2 rings (SSSR count). The van der Waals surface area contributed by atoms with E-state index < -0.39 is 0 Å². The number of nitrogens with zero attached hydrogens (tertiary/aromatic N) is 3. The number of thioether (sulfide) groups is 2. The minimum absolute atomic E-state index is 0.717. The van der Waals surface area contributed by atoms with Crippen LogP contribution in [0.4, 0.5) is 5.82 Å². The highest BCUT2D eigenvalue weighted by atomic mass is 32.2. The van der Waals surface area contributed by atoms with Crippen LogP contribution in [0.3, 0.4) is 0 Å². The Kier molecular flexibility index (Phi) is 6.68. The van der Waals surface area contributed by atoms with Gasteiger partial charge in [-0.25, -0.2) is 4.98 Å². The monoisotopic (exact) mass is 323 g/mol. The molecule has 0 saturated carbocycles. The van der Waals surface area contributed by atoms with Gasteiger partial charge >= 0.3 is 0 Å². The molecular weight excluding hydrogens is 302 g/mol. The third kappa shape index (κ3) is 4.53. The quantitative estimate of drug-likeness (QED) is 0.455. The second-order valence-electron chi connectivity index (χ2n) is 4.86. The van der Waals surface area contributed by atoms with E-state index >= 15 is 0 Å². The summed E-state index contributed by atoms with van der Waals surface area (Å²) in [6.07, 6.45) is 1.18. The molecule has 4 nitrogen and oxygen atoms in total. The summed E-state index contributed by atoms with van der Waals surface area (Å²) >= 11 is 3.57. The Bertz CT molecular complexity index is 510. The molecule has 0 radical (unpaired) electrons. The number of aromatic nitrogens is 1. The van der Waals surface area contributed by atoms with Crippen LogP contribution in [0.25, 0.3) is 0 Å². The van der Waals surface area contributed by atoms with Gasteiger partial charge in [0.05, 0.1) is 18.8 Å². The van der Waals surface area contributed by atoms with Crippen molar-refractivity contribution in [2.75, 3.05) is 42.0 Å². The van der Waals surface area contributed by atoms with Gasteiger partial charge in [0.15, 0.2) is 0 Å². The van der Waals surface area contributed by atoms with Gasteiger partial charge in [-0.15, -0.1) is 0 Å². The maximum atomic E-state index is 9.36. The largest absolute Gasteiger partial charge is 0.378 e. The number of aryl methyl sites for hydroxylation is 1. The molecule has 0 atom stereocenters. The minimum atomic E-state index is 0.717. The lowest BCUT2D eigenvalue weighted by Gasteiger charge is -2.28. The highest BCUT2D eigenvalue weighted by Gasteiger charge is 2.16. The number of pyridine rings is 1. The number of morpholine rings is 1. The van der Waals surface area contributed by atoms with Gasteiger partial charge in [-0.05, 0) is 30.7 Å². The number of hydrogen-bond donors (Lipinski definition) is 0. The molecule has 114 valence electrons. The molecule has 0 spiro atoms. The van der Waals surface area contributed by atoms with Gasteiger partial charge in [0.25, 0.3) is 0 Å². The van der Waals surface area contributed by atoms with Gasteiger partial charge in [0.1, 0.15) is 16.9 Å². The van der Waals surface area contributed by atoms with Crippen LogP contribution < -0.4 is 4.90 Å². The fourth-order valence-corrected chi connectivity index (χ4v) is 4.17. The molecule has 21 heavy (non-hydrogen) atoms. The van der Waals surface area contributed by atoms with E-state index in [1.165, 1.54) is 6.42 Å². The van der Waals surface area contributed by atoms with E-state index in [1.807, 2.05) is 24.8 Å². The molecule has 1 aliphatic heterocycles. The molecule has 0 unspecified atom stereocenters. The van der Waals surface area contributed by atoms with Crippen LogP contribution >= 0.6 is 23.5 Å². The first-order chi connectivity index (χ1) is 10.3. The summed E-state index contributed by atoms with van der Waals surface area (Å²) in [6, 6.07) is 4.32. The standard InChI is InChI=1S/C15H21N3OS2/c1-3-8-20-11-21-15-13(10-16)12(2)9-14(17-15)18-4-6-19-7-5-18/h9H,3-8,11H2,1-2H3. The van der Waals surface area contributed by atoms with Crippen LogP contribution in [-0.2, 0) is 4.74 Å². The Labute approximate surface area is 135 Å². The first kappa shape index (κ1) is 16.5. The van der Waals surface area contributed by atoms with Gasteiger partial charge in [0.2, 0.25) is 0 Å². The number of anilines is 1. The first-order valence-electron chi connectivity index (χ1n) is 7.21. The summed E-state index contributed by atoms with van der Waals surface area (Å²) in [5.41, 5.74) is 1.73. The Hall–Kier alpha value is -0.900. The smallest absolute Gasteiger partial charge is 0.130 e. The van der Waals surface area contributed by atoms with Gasteiger partial charge in [-0.1, -0.05) is 18.7 Å². The van der Waals surface area contributed by atoms with Crippen LogP contribution in [0.2, 0.25) is 0 Å². The number of hydrogen-bond acceptors (Lipinski definition) is 6. The summed E-state index contributed by atoms with van der Waals surface area (Å²) in [6.45, 7) is 7.40. The van der Waals surface area contributed by atoms with E-state index in [0.717, 1.165) is 53.5 Å². The zero-order valence-electron chi connectivity index (χ0n) is 12.6. The Morgan fingerprint density at radius 1 is 1.43 bits per heavy atom. The highest BCUT2D eigenvalue weighted by Crippen LogP contribution is 2.29. The molecular formula is C15H21N3OS2. The summed E-state index contributed by atoms with van der Waals surface area (Å²) < 4.78 is 5.39. The van der Waals surface area contributed by atoms with Crippen molar-refractivity contribution >= 4 is 29.3 Å². The molecule has 2 heterocycles. The minimum Gasteiger partial charge on any atom is -0.378 e. The predicted octanol–water partition coefficient (Wildman–Crippen LogP) is 3.29. The SMILES string of the molecule is CCCSCSc1nc(N2CCOCC2)cc(C)c1C#N. The molecule has 1 aromatic rings. The second-order valence-corrected chi connectivity index (χ2v) is 7.29. The van der Waals surface area contributed by atoms with E-state index in [9.17, 15) is 5.26 Å². The topological polar surface area (TPSA) is 49.2 Å². The lowest BCUT2D eigenvalue weighted by atomic mass is 10.1. The molecule has 1 fully saturated rings. The maximum Gasteiger partial charge on any atom is 0.130 e. The zero-order valence-corrected chi connectivity index (χ0v) is 14.2. The van der Waals surface area contributed by atoms with Gasteiger partial charge in [-0.2, -0.15) is 17.0 Å². The Morgan fingerprint density at radius 2 is 2.19 bits per heavy atom. The highest BCUT2D eigenvalue weighted by molar-refractivity contribution is 8.15. The summed E-state index contributed by atoms with van der Waals surface area (Å²) in [7, 11) is 0. The van der Waals surface area contributed by atoms with Crippen molar-refractivity contribution in [2.45, 2.75) is 25.3 Å². The molecule has 0 bridgehead atoms. The summed E-state index contributed by atoms with van der Waals surface area (Å²) in [4.78, 5) is 6.96. The van der Waals surface area contributed by atoms with E-state index in [2.05, 4.69) is 17.9 Å². The first-order valence-corrected chi connectivity index (χ1v) is 9.35. The van der Waals surface area contributed by atoms with Crippen LogP contribution in [0.5, 0.6) is 0 Å². The van der Waals surface area contributed by atoms with Crippen molar-refractivity contribution < 1.29 is 4.74 Å². The van der Waals surface area contributed by atoms with Crippen LogP contribution in [0, 0.1) is 18.3 Å². The third-order valence-corrected chi connectivity index (χ3v) is 5.65.